The molecule has 0 spiro atoms. The van der Waals surface area contributed by atoms with E-state index in [1.165, 1.54) is 0 Å². The number of nitrogens with zero attached hydrogens (tertiary/aromatic N) is 2. The van der Waals surface area contributed by atoms with Crippen LogP contribution in [0.5, 0.6) is 0 Å². The molecule has 124 valence electrons. The molecule has 6 heteroatoms. The second-order valence-electron chi connectivity index (χ2n) is 7.18. The van der Waals surface area contributed by atoms with Crippen LogP contribution in [-0.4, -0.2) is 39.1 Å². The average Bonchev–Trinajstić information content (AvgIpc) is 3.05. The summed E-state index contributed by atoms with van der Waals surface area (Å²) in [6.07, 6.45) is 2.50. The molecule has 2 aromatic heterocycles. The minimum atomic E-state index is -0.495. The predicted molar refractivity (Wildman–Crippen MR) is 87.9 cm³/mol. The standard InChI is InChI=1S/C17H23N3O3/c1-11-5-6-14-15(21)18-13(10-20(11)14)12-7-8-19(9-12)16(22)23-17(2,3)4/h5-6,10,12H,7-9H2,1-4H3,(H,18,21). The number of rotatable bonds is 1. The van der Waals surface area contributed by atoms with E-state index >= 15 is 0 Å². The quantitative estimate of drug-likeness (QED) is 0.879. The number of amides is 1. The third kappa shape index (κ3) is 3.11. The molecule has 3 rings (SSSR count). The number of fused-ring (bicyclic) bond motifs is 1. The van der Waals surface area contributed by atoms with Crippen molar-refractivity contribution in [1.82, 2.24) is 14.3 Å². The molecule has 3 heterocycles. The maximum Gasteiger partial charge on any atom is 0.410 e. The Balaban J connectivity index is 1.80. The van der Waals surface area contributed by atoms with Crippen molar-refractivity contribution in [1.29, 1.82) is 0 Å². The second kappa shape index (κ2) is 5.44. The van der Waals surface area contributed by atoms with Crippen molar-refractivity contribution >= 4 is 11.6 Å². The Morgan fingerprint density at radius 2 is 2.09 bits per heavy atom. The van der Waals surface area contributed by atoms with E-state index in [1.807, 2.05) is 50.4 Å². The van der Waals surface area contributed by atoms with E-state index in [0.29, 0.717) is 18.6 Å². The molecule has 1 amide bonds. The normalized spacial score (nSPS) is 18.6. The van der Waals surface area contributed by atoms with Gasteiger partial charge in [-0.05, 0) is 46.2 Å². The Labute approximate surface area is 135 Å². The van der Waals surface area contributed by atoms with Crippen molar-refractivity contribution in [2.45, 2.75) is 45.6 Å². The molecular weight excluding hydrogens is 294 g/mol. The molecule has 1 aliphatic rings. The predicted octanol–water partition coefficient (Wildman–Crippen LogP) is 2.66. The van der Waals surface area contributed by atoms with Crippen LogP contribution in [0, 0.1) is 6.92 Å². The average molecular weight is 317 g/mol. The Morgan fingerprint density at radius 1 is 1.35 bits per heavy atom. The molecule has 1 N–H and O–H groups in total. The zero-order valence-corrected chi connectivity index (χ0v) is 14.0. The van der Waals surface area contributed by atoms with Gasteiger partial charge in [0.25, 0.3) is 5.56 Å². The Hall–Kier alpha value is -2.24. The van der Waals surface area contributed by atoms with Crippen molar-refractivity contribution < 1.29 is 9.53 Å². The number of hydrogen-bond donors (Lipinski definition) is 1. The monoisotopic (exact) mass is 317 g/mol. The fraction of sp³-hybridized carbons (Fsp3) is 0.529. The van der Waals surface area contributed by atoms with Gasteiger partial charge in [-0.3, -0.25) is 4.79 Å². The maximum atomic E-state index is 12.2. The number of likely N-dealkylation sites (tertiary alicyclic amines) is 1. The molecule has 0 saturated carbocycles. The van der Waals surface area contributed by atoms with E-state index in [9.17, 15) is 9.59 Å². The molecule has 1 fully saturated rings. The van der Waals surface area contributed by atoms with Crippen LogP contribution in [0.1, 0.15) is 44.5 Å². The molecule has 23 heavy (non-hydrogen) atoms. The summed E-state index contributed by atoms with van der Waals surface area (Å²) in [5.74, 6) is 0.126. The summed E-state index contributed by atoms with van der Waals surface area (Å²) in [5, 5.41) is 0. The lowest BCUT2D eigenvalue weighted by Gasteiger charge is -2.24. The van der Waals surface area contributed by atoms with Gasteiger partial charge in [-0.1, -0.05) is 0 Å². The van der Waals surface area contributed by atoms with E-state index in [1.54, 1.807) is 4.90 Å². The van der Waals surface area contributed by atoms with Gasteiger partial charge >= 0.3 is 6.09 Å². The first-order chi connectivity index (χ1) is 10.7. The smallest absolute Gasteiger partial charge is 0.410 e. The number of ether oxygens (including phenoxy) is 1. The number of aromatic amines is 1. The van der Waals surface area contributed by atoms with Crippen molar-refractivity contribution in [2.24, 2.45) is 0 Å². The molecule has 1 saturated heterocycles. The highest BCUT2D eigenvalue weighted by molar-refractivity contribution is 5.68. The van der Waals surface area contributed by atoms with E-state index in [2.05, 4.69) is 4.98 Å². The van der Waals surface area contributed by atoms with Crippen LogP contribution in [0.3, 0.4) is 0 Å². The topological polar surface area (TPSA) is 66.8 Å². The van der Waals surface area contributed by atoms with Gasteiger partial charge in [0.15, 0.2) is 0 Å². The number of aromatic nitrogens is 2. The van der Waals surface area contributed by atoms with E-state index in [-0.39, 0.29) is 17.6 Å². The van der Waals surface area contributed by atoms with Crippen LogP contribution in [0.25, 0.3) is 5.52 Å². The van der Waals surface area contributed by atoms with Gasteiger partial charge in [0, 0.05) is 36.6 Å². The number of aryl methyl sites for hydroxylation is 1. The molecular formula is C17H23N3O3. The minimum Gasteiger partial charge on any atom is -0.444 e. The molecule has 0 bridgehead atoms. The van der Waals surface area contributed by atoms with Gasteiger partial charge in [-0.15, -0.1) is 0 Å². The first-order valence-corrected chi connectivity index (χ1v) is 7.93. The molecule has 0 aromatic carbocycles. The SMILES string of the molecule is Cc1ccc2c(=O)[nH]c(C3CCN(C(=O)OC(C)(C)C)C3)cn12. The van der Waals surface area contributed by atoms with Gasteiger partial charge in [-0.25, -0.2) is 4.79 Å². The molecule has 1 unspecified atom stereocenters. The summed E-state index contributed by atoms with van der Waals surface area (Å²) in [6, 6.07) is 3.75. The van der Waals surface area contributed by atoms with Crippen molar-refractivity contribution in [3.8, 4) is 0 Å². The Bertz CT molecular complexity index is 797. The molecule has 1 atom stereocenters. The van der Waals surface area contributed by atoms with Crippen LogP contribution in [0.2, 0.25) is 0 Å². The first kappa shape index (κ1) is 15.6. The molecule has 0 radical (unpaired) electrons. The highest BCUT2D eigenvalue weighted by Gasteiger charge is 2.31. The van der Waals surface area contributed by atoms with Gasteiger partial charge < -0.3 is 19.0 Å². The minimum absolute atomic E-state index is 0.0914. The fourth-order valence-corrected chi connectivity index (χ4v) is 2.99. The van der Waals surface area contributed by atoms with E-state index in [4.69, 9.17) is 4.74 Å². The molecule has 0 aliphatic carbocycles. The van der Waals surface area contributed by atoms with Crippen molar-refractivity contribution in [3.05, 3.63) is 40.1 Å². The number of H-pyrrole nitrogens is 1. The highest BCUT2D eigenvalue weighted by Crippen LogP contribution is 2.27. The summed E-state index contributed by atoms with van der Waals surface area (Å²) < 4.78 is 7.32. The highest BCUT2D eigenvalue weighted by atomic mass is 16.6. The van der Waals surface area contributed by atoms with E-state index < -0.39 is 5.60 Å². The molecule has 1 aliphatic heterocycles. The van der Waals surface area contributed by atoms with Crippen LogP contribution < -0.4 is 5.56 Å². The van der Waals surface area contributed by atoms with E-state index in [0.717, 1.165) is 17.8 Å². The summed E-state index contributed by atoms with van der Waals surface area (Å²) in [4.78, 5) is 29.0. The summed E-state index contributed by atoms with van der Waals surface area (Å²) in [7, 11) is 0. The van der Waals surface area contributed by atoms with Crippen LogP contribution in [0.15, 0.2) is 23.1 Å². The van der Waals surface area contributed by atoms with Gasteiger partial charge in [0.2, 0.25) is 0 Å². The van der Waals surface area contributed by atoms with Gasteiger partial charge in [0.05, 0.1) is 0 Å². The zero-order chi connectivity index (χ0) is 16.8. The van der Waals surface area contributed by atoms with Crippen molar-refractivity contribution in [2.75, 3.05) is 13.1 Å². The van der Waals surface area contributed by atoms with Crippen LogP contribution >= 0.6 is 0 Å². The fourth-order valence-electron chi connectivity index (χ4n) is 2.99. The molecule has 2 aromatic rings. The summed E-state index contributed by atoms with van der Waals surface area (Å²) in [5.41, 5.74) is 1.95. The number of nitrogens with one attached hydrogen (secondary N) is 1. The lowest BCUT2D eigenvalue weighted by atomic mass is 10.1. The Morgan fingerprint density at radius 3 is 2.78 bits per heavy atom. The number of hydrogen-bond acceptors (Lipinski definition) is 3. The van der Waals surface area contributed by atoms with Gasteiger partial charge in [-0.2, -0.15) is 0 Å². The maximum absolute atomic E-state index is 12.2. The second-order valence-corrected chi connectivity index (χ2v) is 7.18. The summed E-state index contributed by atoms with van der Waals surface area (Å²) in [6.45, 7) is 8.76. The van der Waals surface area contributed by atoms with Gasteiger partial charge in [0.1, 0.15) is 11.1 Å². The Kier molecular flexibility index (Phi) is 3.70. The lowest BCUT2D eigenvalue weighted by Crippen LogP contribution is -2.35. The third-order valence-electron chi connectivity index (χ3n) is 4.16. The number of carbonyl (C=O) groups excluding carboxylic acids is 1. The summed E-state index contributed by atoms with van der Waals surface area (Å²) >= 11 is 0. The molecule has 6 nitrogen and oxygen atoms in total. The third-order valence-corrected chi connectivity index (χ3v) is 4.16. The largest absolute Gasteiger partial charge is 0.444 e. The first-order valence-electron chi connectivity index (χ1n) is 7.93. The van der Waals surface area contributed by atoms with Crippen LogP contribution in [0.4, 0.5) is 4.79 Å². The lowest BCUT2D eigenvalue weighted by molar-refractivity contribution is 0.0292. The van der Waals surface area contributed by atoms with Crippen molar-refractivity contribution in [3.63, 3.8) is 0 Å². The zero-order valence-electron chi connectivity index (χ0n) is 14.0. The number of carbonyl (C=O) groups is 1. The van der Waals surface area contributed by atoms with Crippen LogP contribution in [-0.2, 0) is 4.74 Å².